The third-order valence-corrected chi connectivity index (χ3v) is 5.64. The second kappa shape index (κ2) is 8.03. The van der Waals surface area contributed by atoms with Crippen LogP contribution >= 0.6 is 11.8 Å². The van der Waals surface area contributed by atoms with Crippen molar-refractivity contribution in [2.75, 3.05) is 32.6 Å². The van der Waals surface area contributed by atoms with Gasteiger partial charge in [-0.25, -0.2) is 0 Å². The summed E-state index contributed by atoms with van der Waals surface area (Å²) >= 11 is 1.51. The zero-order valence-electron chi connectivity index (χ0n) is 14.5. The van der Waals surface area contributed by atoms with Crippen LogP contribution < -0.4 is 0 Å². The quantitative estimate of drug-likeness (QED) is 0.798. The number of rotatable bonds is 6. The van der Waals surface area contributed by atoms with Crippen molar-refractivity contribution in [3.63, 3.8) is 0 Å². The Hall–Kier alpha value is -1.53. The third-order valence-electron chi connectivity index (χ3n) is 4.50. The van der Waals surface area contributed by atoms with Gasteiger partial charge in [-0.15, -0.1) is 11.8 Å². The Balaban J connectivity index is 2.01. The Morgan fingerprint density at radius 2 is 2.12 bits per heavy atom. The van der Waals surface area contributed by atoms with Crippen molar-refractivity contribution in [2.45, 2.75) is 31.6 Å². The van der Waals surface area contributed by atoms with Gasteiger partial charge < -0.3 is 14.7 Å². The number of piperidine rings is 1. The molecule has 2 rings (SSSR count). The van der Waals surface area contributed by atoms with Crippen molar-refractivity contribution >= 4 is 23.6 Å². The number of ether oxygens (including phenoxy) is 1. The second-order valence-corrected chi connectivity index (χ2v) is 7.51. The number of carbonyl (C=O) groups excluding carboxylic acids is 1. The van der Waals surface area contributed by atoms with Crippen LogP contribution in [0.5, 0.6) is 0 Å². The van der Waals surface area contributed by atoms with Crippen LogP contribution in [0.15, 0.2) is 23.1 Å². The van der Waals surface area contributed by atoms with Crippen LogP contribution in [0.3, 0.4) is 0 Å². The molecule has 5 nitrogen and oxygen atoms in total. The maximum atomic E-state index is 12.6. The first kappa shape index (κ1) is 18.8. The highest BCUT2D eigenvalue weighted by molar-refractivity contribution is 8.00. The number of thioether (sulfide) groups is 1. The van der Waals surface area contributed by atoms with E-state index < -0.39 is 11.4 Å². The van der Waals surface area contributed by atoms with E-state index in [0.717, 1.165) is 10.5 Å². The summed E-state index contributed by atoms with van der Waals surface area (Å²) in [5.41, 5.74) is 1.34. The fourth-order valence-corrected chi connectivity index (χ4v) is 4.10. The van der Waals surface area contributed by atoms with Crippen molar-refractivity contribution in [1.82, 2.24) is 4.90 Å². The average molecular weight is 351 g/mol. The summed E-state index contributed by atoms with van der Waals surface area (Å²) in [4.78, 5) is 27.0. The van der Waals surface area contributed by atoms with Crippen molar-refractivity contribution in [3.8, 4) is 0 Å². The zero-order valence-corrected chi connectivity index (χ0v) is 15.3. The predicted octanol–water partition coefficient (Wildman–Crippen LogP) is 2.74. The molecule has 0 bridgehead atoms. The second-order valence-electron chi connectivity index (χ2n) is 6.49. The number of carboxylic acid groups (broad SMARTS) is 1. The van der Waals surface area contributed by atoms with E-state index in [9.17, 15) is 14.7 Å². The van der Waals surface area contributed by atoms with E-state index in [1.807, 2.05) is 13.8 Å². The number of carboxylic acids is 1. The van der Waals surface area contributed by atoms with Crippen LogP contribution in [-0.4, -0.2) is 54.4 Å². The molecule has 1 unspecified atom stereocenters. The minimum atomic E-state index is -0.980. The lowest BCUT2D eigenvalue weighted by molar-refractivity contribution is -0.158. The van der Waals surface area contributed by atoms with Crippen LogP contribution in [0.2, 0.25) is 0 Å². The van der Waals surface area contributed by atoms with E-state index in [0.29, 0.717) is 25.1 Å². The molecule has 0 spiro atoms. The lowest BCUT2D eigenvalue weighted by Crippen LogP contribution is -2.52. The Bertz CT molecular complexity index is 615. The lowest BCUT2D eigenvalue weighted by atomic mass is 9.80. The van der Waals surface area contributed by atoms with Crippen LogP contribution in [0, 0.1) is 19.3 Å². The van der Waals surface area contributed by atoms with Gasteiger partial charge in [0.15, 0.2) is 0 Å². The number of aliphatic carboxylic acids is 1. The molecule has 0 radical (unpaired) electrons. The summed E-state index contributed by atoms with van der Waals surface area (Å²) in [5, 5.41) is 9.57. The van der Waals surface area contributed by atoms with Gasteiger partial charge in [-0.1, -0.05) is 17.7 Å². The maximum Gasteiger partial charge on any atom is 0.313 e. The molecule has 0 aliphatic carbocycles. The SMILES string of the molecule is COCC1(C(=O)O)CCCN(C(=O)CSc2cc(C)ccc2C)C1. The molecule has 24 heavy (non-hydrogen) atoms. The molecule has 0 aromatic heterocycles. The predicted molar refractivity (Wildman–Crippen MR) is 94.4 cm³/mol. The van der Waals surface area contributed by atoms with Crippen molar-refractivity contribution in [2.24, 2.45) is 5.41 Å². The number of aryl methyl sites for hydroxylation is 2. The topological polar surface area (TPSA) is 66.8 Å². The summed E-state index contributed by atoms with van der Waals surface area (Å²) in [6, 6.07) is 6.19. The van der Waals surface area contributed by atoms with Gasteiger partial charge in [0.05, 0.1) is 12.4 Å². The molecule has 6 heteroatoms. The number of hydrogen-bond acceptors (Lipinski definition) is 4. The molecule has 1 atom stereocenters. The van der Waals surface area contributed by atoms with Gasteiger partial charge in [-0.05, 0) is 38.3 Å². The minimum Gasteiger partial charge on any atom is -0.481 e. The van der Waals surface area contributed by atoms with E-state index in [2.05, 4.69) is 18.2 Å². The Labute approximate surface area is 147 Å². The Morgan fingerprint density at radius 1 is 1.38 bits per heavy atom. The van der Waals surface area contributed by atoms with E-state index in [1.54, 1.807) is 4.90 Å². The number of nitrogens with zero attached hydrogens (tertiary/aromatic N) is 1. The first-order valence-corrected chi connectivity index (χ1v) is 9.07. The van der Waals surface area contributed by atoms with Gasteiger partial charge in [0.2, 0.25) is 5.91 Å². The van der Waals surface area contributed by atoms with Gasteiger partial charge in [-0.3, -0.25) is 9.59 Å². The summed E-state index contributed by atoms with van der Waals surface area (Å²) in [5.74, 6) is -0.571. The normalized spacial score (nSPS) is 20.9. The number of benzene rings is 1. The Morgan fingerprint density at radius 3 is 2.79 bits per heavy atom. The summed E-state index contributed by atoms with van der Waals surface area (Å²) in [6.45, 7) is 5.03. The zero-order chi connectivity index (χ0) is 17.7. The third kappa shape index (κ3) is 4.30. The largest absolute Gasteiger partial charge is 0.481 e. The first-order chi connectivity index (χ1) is 11.4. The number of amides is 1. The van der Waals surface area contributed by atoms with Gasteiger partial charge in [-0.2, -0.15) is 0 Å². The molecular formula is C18H25NO4S. The molecule has 1 aliphatic heterocycles. The standard InChI is InChI=1S/C18H25NO4S/c1-13-5-6-14(2)15(9-13)24-10-16(20)19-8-4-7-18(11-19,12-23-3)17(21)22/h5-6,9H,4,7-8,10-12H2,1-3H3,(H,21,22). The van der Waals surface area contributed by atoms with Crippen LogP contribution in [0.1, 0.15) is 24.0 Å². The fraction of sp³-hybridized carbons (Fsp3) is 0.556. The van der Waals surface area contributed by atoms with Crippen LogP contribution in [0.25, 0.3) is 0 Å². The minimum absolute atomic E-state index is 0.0117. The van der Waals surface area contributed by atoms with E-state index in [4.69, 9.17) is 4.74 Å². The van der Waals surface area contributed by atoms with Crippen LogP contribution in [0.4, 0.5) is 0 Å². The monoisotopic (exact) mass is 351 g/mol. The van der Waals surface area contributed by atoms with Crippen LogP contribution in [-0.2, 0) is 14.3 Å². The molecule has 1 aromatic carbocycles. The molecule has 1 amide bonds. The molecule has 1 saturated heterocycles. The molecule has 1 aliphatic rings. The fourth-order valence-electron chi connectivity index (χ4n) is 3.07. The molecule has 132 valence electrons. The number of hydrogen-bond donors (Lipinski definition) is 1. The average Bonchev–Trinajstić information content (AvgIpc) is 2.55. The summed E-state index contributed by atoms with van der Waals surface area (Å²) < 4.78 is 5.11. The molecular weight excluding hydrogens is 326 g/mol. The molecule has 1 fully saturated rings. The number of methoxy groups -OCH3 is 1. The highest BCUT2D eigenvalue weighted by Gasteiger charge is 2.43. The van der Waals surface area contributed by atoms with Gasteiger partial charge in [0, 0.05) is 25.1 Å². The van der Waals surface area contributed by atoms with E-state index in [-0.39, 0.29) is 19.1 Å². The molecule has 1 N–H and O–H groups in total. The van der Waals surface area contributed by atoms with Gasteiger partial charge >= 0.3 is 5.97 Å². The van der Waals surface area contributed by atoms with E-state index in [1.165, 1.54) is 24.4 Å². The van der Waals surface area contributed by atoms with E-state index >= 15 is 0 Å². The molecule has 1 aromatic rings. The highest BCUT2D eigenvalue weighted by atomic mass is 32.2. The Kier molecular flexibility index (Phi) is 6.29. The van der Waals surface area contributed by atoms with Crippen molar-refractivity contribution in [1.29, 1.82) is 0 Å². The molecule has 1 heterocycles. The first-order valence-electron chi connectivity index (χ1n) is 8.08. The summed E-state index contributed by atoms with van der Waals surface area (Å²) in [6.07, 6.45) is 1.24. The van der Waals surface area contributed by atoms with Gasteiger partial charge in [0.1, 0.15) is 5.41 Å². The smallest absolute Gasteiger partial charge is 0.313 e. The number of carbonyl (C=O) groups is 2. The summed E-state index contributed by atoms with van der Waals surface area (Å²) in [7, 11) is 1.50. The van der Waals surface area contributed by atoms with Crippen molar-refractivity contribution in [3.05, 3.63) is 29.3 Å². The maximum absolute atomic E-state index is 12.6. The lowest BCUT2D eigenvalue weighted by Gasteiger charge is -2.39. The van der Waals surface area contributed by atoms with Crippen molar-refractivity contribution < 1.29 is 19.4 Å². The van der Waals surface area contributed by atoms with Gasteiger partial charge in [0.25, 0.3) is 0 Å². The molecule has 0 saturated carbocycles. The highest BCUT2D eigenvalue weighted by Crippen LogP contribution is 2.32. The number of likely N-dealkylation sites (tertiary alicyclic amines) is 1.